The summed E-state index contributed by atoms with van der Waals surface area (Å²) < 4.78 is 0. The van der Waals surface area contributed by atoms with Crippen LogP contribution in [0.4, 0.5) is 5.00 Å². The highest BCUT2D eigenvalue weighted by Crippen LogP contribution is 2.24. The number of rotatable bonds is 3. The van der Waals surface area contributed by atoms with E-state index < -0.39 is 4.92 Å². The summed E-state index contributed by atoms with van der Waals surface area (Å²) in [5.74, 6) is -0.261. The summed E-state index contributed by atoms with van der Waals surface area (Å²) in [5.41, 5.74) is 0. The van der Waals surface area contributed by atoms with Crippen LogP contribution in [0.2, 0.25) is 0 Å². The number of hydrogen-bond acceptors (Lipinski definition) is 6. The molecule has 0 atom stereocenters. The lowest BCUT2D eigenvalue weighted by Gasteiger charge is -1.88. The summed E-state index contributed by atoms with van der Waals surface area (Å²) in [5, 5.41) is 12.2. The van der Waals surface area contributed by atoms with Crippen molar-refractivity contribution < 1.29 is 9.72 Å². The SMILES string of the molecule is O=C(c1cccs1)c1ncc([N+](=O)[O-])s1. The monoisotopic (exact) mass is 240 g/mol. The molecule has 76 valence electrons. The predicted octanol–water partition coefficient (Wildman–Crippen LogP) is 2.34. The Bertz CT molecular complexity index is 504. The second-order valence-corrected chi connectivity index (χ2v) is 4.52. The van der Waals surface area contributed by atoms with Gasteiger partial charge in [0.15, 0.2) is 5.01 Å². The van der Waals surface area contributed by atoms with Crippen LogP contribution in [0.1, 0.15) is 14.7 Å². The van der Waals surface area contributed by atoms with Gasteiger partial charge in [0.1, 0.15) is 6.20 Å². The van der Waals surface area contributed by atoms with Crippen molar-refractivity contribution in [2.24, 2.45) is 0 Å². The topological polar surface area (TPSA) is 73.1 Å². The Morgan fingerprint density at radius 3 is 2.87 bits per heavy atom. The third-order valence-corrected chi connectivity index (χ3v) is 3.43. The van der Waals surface area contributed by atoms with Crippen molar-refractivity contribution >= 4 is 33.5 Å². The van der Waals surface area contributed by atoms with E-state index in [4.69, 9.17) is 0 Å². The third-order valence-electron chi connectivity index (χ3n) is 1.61. The van der Waals surface area contributed by atoms with E-state index in [0.29, 0.717) is 4.88 Å². The minimum atomic E-state index is -0.553. The number of nitro groups is 1. The molecule has 0 bridgehead atoms. The van der Waals surface area contributed by atoms with Gasteiger partial charge in [-0.2, -0.15) is 0 Å². The Hall–Kier alpha value is -1.60. The van der Waals surface area contributed by atoms with Gasteiger partial charge < -0.3 is 0 Å². The van der Waals surface area contributed by atoms with Crippen LogP contribution in [0.3, 0.4) is 0 Å². The maximum Gasteiger partial charge on any atom is 0.344 e. The van der Waals surface area contributed by atoms with Crippen LogP contribution in [0.15, 0.2) is 23.7 Å². The summed E-state index contributed by atoms with van der Waals surface area (Å²) in [6.07, 6.45) is 1.10. The molecule has 2 aromatic heterocycles. The van der Waals surface area contributed by atoms with Gasteiger partial charge in [-0.1, -0.05) is 6.07 Å². The number of thiazole rings is 1. The molecule has 0 fully saturated rings. The molecule has 15 heavy (non-hydrogen) atoms. The lowest BCUT2D eigenvalue weighted by atomic mass is 10.3. The average molecular weight is 240 g/mol. The van der Waals surface area contributed by atoms with E-state index >= 15 is 0 Å². The molecule has 0 N–H and O–H groups in total. The Balaban J connectivity index is 2.31. The fourth-order valence-electron chi connectivity index (χ4n) is 0.968. The zero-order valence-corrected chi connectivity index (χ0v) is 8.88. The quantitative estimate of drug-likeness (QED) is 0.469. The lowest BCUT2D eigenvalue weighted by Crippen LogP contribution is -1.96. The number of hydrogen-bond donors (Lipinski definition) is 0. The molecule has 0 saturated heterocycles. The number of aromatic nitrogens is 1. The van der Waals surface area contributed by atoms with E-state index in [2.05, 4.69) is 4.98 Å². The first-order valence-corrected chi connectivity index (χ1v) is 5.56. The first-order valence-electron chi connectivity index (χ1n) is 3.87. The second-order valence-electron chi connectivity index (χ2n) is 2.57. The van der Waals surface area contributed by atoms with Gasteiger partial charge in [0, 0.05) is 0 Å². The van der Waals surface area contributed by atoms with E-state index in [1.54, 1.807) is 17.5 Å². The minimum absolute atomic E-state index is 0.116. The number of ketones is 1. The van der Waals surface area contributed by atoms with Gasteiger partial charge >= 0.3 is 5.00 Å². The molecule has 0 saturated carbocycles. The standard InChI is InChI=1S/C8H4N2O3S2/c11-7(5-2-1-3-14-5)8-9-4-6(15-8)10(12)13/h1-4H. The smallest absolute Gasteiger partial charge is 0.285 e. The second kappa shape index (κ2) is 3.87. The third kappa shape index (κ3) is 1.92. The zero-order valence-electron chi connectivity index (χ0n) is 7.25. The fraction of sp³-hybridized carbons (Fsp3) is 0. The molecule has 2 heterocycles. The van der Waals surface area contributed by atoms with Crippen molar-refractivity contribution in [1.29, 1.82) is 0 Å². The molecular formula is C8H4N2O3S2. The Kier molecular flexibility index (Phi) is 2.57. The molecule has 7 heteroatoms. The first-order chi connectivity index (χ1) is 7.18. The summed E-state index contributed by atoms with van der Waals surface area (Å²) in [6, 6.07) is 3.42. The van der Waals surface area contributed by atoms with Gasteiger partial charge in [0.2, 0.25) is 5.78 Å². The Morgan fingerprint density at radius 2 is 2.33 bits per heavy atom. The highest BCUT2D eigenvalue weighted by atomic mass is 32.1. The van der Waals surface area contributed by atoms with Crippen molar-refractivity contribution in [2.75, 3.05) is 0 Å². The lowest BCUT2D eigenvalue weighted by molar-refractivity contribution is -0.380. The van der Waals surface area contributed by atoms with Crippen molar-refractivity contribution in [3.8, 4) is 0 Å². The first kappa shape index (κ1) is 9.94. The largest absolute Gasteiger partial charge is 0.344 e. The summed E-state index contributed by atoms with van der Waals surface area (Å²) in [7, 11) is 0. The minimum Gasteiger partial charge on any atom is -0.285 e. The Morgan fingerprint density at radius 1 is 1.53 bits per heavy atom. The van der Waals surface area contributed by atoms with Gasteiger partial charge in [0.25, 0.3) is 0 Å². The molecule has 5 nitrogen and oxygen atoms in total. The predicted molar refractivity (Wildman–Crippen MR) is 56.5 cm³/mol. The van der Waals surface area contributed by atoms with Crippen LogP contribution in [0.5, 0.6) is 0 Å². The molecule has 0 aromatic carbocycles. The molecule has 0 spiro atoms. The van der Waals surface area contributed by atoms with E-state index in [9.17, 15) is 14.9 Å². The number of carbonyl (C=O) groups is 1. The van der Waals surface area contributed by atoms with E-state index in [-0.39, 0.29) is 15.8 Å². The van der Waals surface area contributed by atoms with Crippen LogP contribution >= 0.6 is 22.7 Å². The van der Waals surface area contributed by atoms with Crippen LogP contribution in [0.25, 0.3) is 0 Å². The highest BCUT2D eigenvalue weighted by Gasteiger charge is 2.18. The molecule has 0 amide bonds. The number of nitrogens with zero attached hydrogens (tertiary/aromatic N) is 2. The maximum absolute atomic E-state index is 11.7. The van der Waals surface area contributed by atoms with Gasteiger partial charge in [-0.25, -0.2) is 4.98 Å². The van der Waals surface area contributed by atoms with Gasteiger partial charge in [-0.15, -0.1) is 11.3 Å². The van der Waals surface area contributed by atoms with Crippen molar-refractivity contribution in [3.05, 3.63) is 43.7 Å². The molecule has 2 rings (SSSR count). The molecule has 0 aliphatic carbocycles. The van der Waals surface area contributed by atoms with Crippen molar-refractivity contribution in [3.63, 3.8) is 0 Å². The number of carbonyl (C=O) groups excluding carboxylic acids is 1. The molecule has 0 aliphatic rings. The van der Waals surface area contributed by atoms with E-state index in [1.165, 1.54) is 11.3 Å². The fourth-order valence-corrected chi connectivity index (χ4v) is 2.38. The number of thiophene rings is 1. The summed E-state index contributed by atoms with van der Waals surface area (Å²) >= 11 is 2.09. The van der Waals surface area contributed by atoms with Gasteiger partial charge in [-0.3, -0.25) is 14.9 Å². The van der Waals surface area contributed by atoms with E-state index in [0.717, 1.165) is 17.5 Å². The van der Waals surface area contributed by atoms with Crippen LogP contribution in [-0.4, -0.2) is 15.7 Å². The van der Waals surface area contributed by atoms with Gasteiger partial charge in [0.05, 0.1) is 9.80 Å². The van der Waals surface area contributed by atoms with Crippen molar-refractivity contribution in [1.82, 2.24) is 4.98 Å². The van der Waals surface area contributed by atoms with Crippen molar-refractivity contribution in [2.45, 2.75) is 0 Å². The van der Waals surface area contributed by atoms with Crippen LogP contribution < -0.4 is 0 Å². The molecular weight excluding hydrogens is 236 g/mol. The molecule has 0 aliphatic heterocycles. The van der Waals surface area contributed by atoms with Gasteiger partial charge in [-0.05, 0) is 22.8 Å². The summed E-state index contributed by atoms with van der Waals surface area (Å²) in [4.78, 5) is 25.8. The molecule has 0 unspecified atom stereocenters. The summed E-state index contributed by atoms with van der Waals surface area (Å²) in [6.45, 7) is 0. The van der Waals surface area contributed by atoms with Crippen LogP contribution in [0, 0.1) is 10.1 Å². The maximum atomic E-state index is 11.7. The van der Waals surface area contributed by atoms with Crippen LogP contribution in [-0.2, 0) is 0 Å². The molecule has 0 radical (unpaired) electrons. The average Bonchev–Trinajstić information content (AvgIpc) is 2.88. The molecule has 2 aromatic rings. The van der Waals surface area contributed by atoms with E-state index in [1.807, 2.05) is 0 Å². The Labute approximate surface area is 92.2 Å². The highest BCUT2D eigenvalue weighted by molar-refractivity contribution is 7.18. The normalized spacial score (nSPS) is 10.1. The zero-order chi connectivity index (χ0) is 10.8.